The minimum absolute atomic E-state index is 0.113. The molecule has 2 N–H and O–H groups in total. The highest BCUT2D eigenvalue weighted by Crippen LogP contribution is 2.12. The van der Waals surface area contributed by atoms with Gasteiger partial charge in [0.1, 0.15) is 16.2 Å². The van der Waals surface area contributed by atoms with Crippen LogP contribution in [0, 0.1) is 0 Å². The summed E-state index contributed by atoms with van der Waals surface area (Å²) < 4.78 is 19.2. The second kappa shape index (κ2) is 27.4. The van der Waals surface area contributed by atoms with Gasteiger partial charge in [-0.15, -0.1) is 0 Å². The van der Waals surface area contributed by atoms with E-state index in [-0.39, 0.29) is 18.3 Å². The van der Waals surface area contributed by atoms with Gasteiger partial charge in [-0.25, -0.2) is 15.0 Å². The number of aromatic nitrogens is 3. The molecular weight excluding hydrogens is 784 g/mol. The fraction of sp³-hybridized carbons (Fsp3) is 0.516. The van der Waals surface area contributed by atoms with Crippen molar-refractivity contribution in [2.45, 2.75) is 80.1 Å². The van der Waals surface area contributed by atoms with Crippen LogP contribution in [0.4, 0.5) is 11.6 Å². The smallest absolute Gasteiger partial charge is 0.423 e. The van der Waals surface area contributed by atoms with E-state index in [9.17, 15) is 0 Å². The molecule has 3 heterocycles. The monoisotopic (exact) mass is 833 g/mol. The van der Waals surface area contributed by atoms with Crippen molar-refractivity contribution in [2.24, 2.45) is 0 Å². The Hall–Kier alpha value is -1.58. The highest BCUT2D eigenvalue weighted by atomic mass is 79.9. The van der Waals surface area contributed by atoms with Crippen LogP contribution >= 0.6 is 47.8 Å². The average molecular weight is 836 g/mol. The van der Waals surface area contributed by atoms with Gasteiger partial charge >= 0.3 is 14.4 Å². The van der Waals surface area contributed by atoms with Gasteiger partial charge in [0.2, 0.25) is 0 Å². The van der Waals surface area contributed by atoms with Crippen LogP contribution < -0.4 is 15.3 Å². The third-order valence-corrected chi connectivity index (χ3v) is 5.95. The molecule has 0 unspecified atom stereocenters. The van der Waals surface area contributed by atoms with E-state index in [2.05, 4.69) is 76.6 Å². The Bertz CT molecular complexity index is 1060. The first kappa shape index (κ1) is 46.5. The van der Waals surface area contributed by atoms with Crippen LogP contribution in [0.1, 0.15) is 61.8 Å². The van der Waals surface area contributed by atoms with Gasteiger partial charge in [0.15, 0.2) is 0 Å². The summed E-state index contributed by atoms with van der Waals surface area (Å²) in [5.74, 6) is 1.77. The molecule has 3 aromatic heterocycles. The molecule has 15 heteroatoms. The quantitative estimate of drug-likeness (QED) is 0.173. The number of anilines is 2. The first-order valence-corrected chi connectivity index (χ1v) is 17.3. The summed E-state index contributed by atoms with van der Waals surface area (Å²) in [6.07, 6.45) is 6.56. The van der Waals surface area contributed by atoms with Crippen molar-refractivity contribution in [3.8, 4) is 0 Å². The van der Waals surface area contributed by atoms with E-state index >= 15 is 0 Å². The minimum atomic E-state index is -1.44. The van der Waals surface area contributed by atoms with Gasteiger partial charge in [0.25, 0.3) is 0 Å². The molecule has 3 rings (SSSR count). The van der Waals surface area contributed by atoms with E-state index < -0.39 is 14.4 Å². The van der Waals surface area contributed by atoms with E-state index in [1.807, 2.05) is 104 Å². The Morgan fingerprint density at radius 2 is 1.00 bits per heavy atom. The first-order valence-electron chi connectivity index (χ1n) is 14.9. The van der Waals surface area contributed by atoms with E-state index in [0.29, 0.717) is 5.46 Å². The summed E-state index contributed by atoms with van der Waals surface area (Å²) in [6, 6.07) is 11.1. The maximum absolute atomic E-state index is 8.76. The molecule has 0 aliphatic heterocycles. The van der Waals surface area contributed by atoms with E-state index in [1.54, 1.807) is 24.5 Å². The predicted molar refractivity (Wildman–Crippen MR) is 205 cm³/mol. The number of rotatable bonds is 9. The topological polar surface area (TPSA) is 113 Å². The third kappa shape index (κ3) is 26.5. The standard InChI is InChI=1S/C9H21BO3.C7H11BN2O2.C7H9BrN2.C5H3Br2N.C3H8/c1-7(2)11-10(12-8(3)4)13-9(5)6;1-10(2)7-4-3-6(5-9-7)8(11)12;1-10(2)7-4-3-6(8)5-9-7;6-4-1-2-5(7)8-3-4;1-3-2/h7-9H,1-6H3;3-5,11-12H,1-2H3;3-5H,1-2H3;1-3H;3H2,1-2H3. The maximum atomic E-state index is 8.76. The third-order valence-electron chi connectivity index (χ3n) is 4.54. The molecule has 0 bridgehead atoms. The van der Waals surface area contributed by atoms with Crippen molar-refractivity contribution in [1.82, 2.24) is 15.0 Å². The fourth-order valence-corrected chi connectivity index (χ4v) is 3.27. The first-order chi connectivity index (χ1) is 21.4. The molecule has 258 valence electrons. The lowest BCUT2D eigenvalue weighted by molar-refractivity contribution is 0.0335. The molecule has 46 heavy (non-hydrogen) atoms. The van der Waals surface area contributed by atoms with Crippen LogP contribution in [0.2, 0.25) is 0 Å². The van der Waals surface area contributed by atoms with E-state index in [4.69, 9.17) is 24.0 Å². The Labute approximate surface area is 303 Å². The fourth-order valence-electron chi connectivity index (χ4n) is 2.57. The molecule has 0 aromatic carbocycles. The molecule has 0 spiro atoms. The van der Waals surface area contributed by atoms with Gasteiger partial charge < -0.3 is 33.8 Å². The average Bonchev–Trinajstić information content (AvgIpc) is 2.95. The van der Waals surface area contributed by atoms with Gasteiger partial charge in [-0.2, -0.15) is 0 Å². The van der Waals surface area contributed by atoms with Crippen LogP contribution in [0.5, 0.6) is 0 Å². The summed E-state index contributed by atoms with van der Waals surface area (Å²) in [4.78, 5) is 15.9. The van der Waals surface area contributed by atoms with Crippen LogP contribution in [-0.2, 0) is 14.0 Å². The maximum Gasteiger partial charge on any atom is 0.639 e. The SMILES string of the molecule is Brc1ccc(Br)nc1.CC(C)OB(OC(C)C)OC(C)C.CCC.CN(C)c1ccc(B(O)O)cn1.CN(C)c1ccc(Br)cn1. The summed E-state index contributed by atoms with van der Waals surface area (Å²) in [7, 11) is 5.70. The second-order valence-electron chi connectivity index (χ2n) is 10.8. The molecule has 0 amide bonds. The van der Waals surface area contributed by atoms with Crippen LogP contribution in [0.25, 0.3) is 0 Å². The summed E-state index contributed by atoms with van der Waals surface area (Å²) in [5.41, 5.74) is 0.403. The molecule has 0 aliphatic rings. The second-order valence-corrected chi connectivity index (χ2v) is 13.4. The highest BCUT2D eigenvalue weighted by molar-refractivity contribution is 9.11. The predicted octanol–water partition coefficient (Wildman–Crippen LogP) is 7.01. The lowest BCUT2D eigenvalue weighted by atomic mass is 9.82. The number of pyridine rings is 3. The van der Waals surface area contributed by atoms with Gasteiger partial charge in [0, 0.05) is 79.5 Å². The Kier molecular flexibility index (Phi) is 27.7. The van der Waals surface area contributed by atoms with Crippen molar-refractivity contribution in [1.29, 1.82) is 0 Å². The van der Waals surface area contributed by atoms with Crippen LogP contribution in [0.15, 0.2) is 68.5 Å². The molecule has 0 radical (unpaired) electrons. The number of hydrogen-bond donors (Lipinski definition) is 2. The van der Waals surface area contributed by atoms with Crippen molar-refractivity contribution >= 4 is 79.3 Å². The number of nitrogens with zero attached hydrogens (tertiary/aromatic N) is 5. The normalized spacial score (nSPS) is 9.91. The lowest BCUT2D eigenvalue weighted by Gasteiger charge is -2.20. The Morgan fingerprint density at radius 1 is 0.630 bits per heavy atom. The van der Waals surface area contributed by atoms with Crippen molar-refractivity contribution in [2.75, 3.05) is 38.0 Å². The number of halogens is 3. The molecule has 0 fully saturated rings. The van der Waals surface area contributed by atoms with Gasteiger partial charge in [-0.05, 0) is 120 Å². The van der Waals surface area contributed by atoms with Crippen LogP contribution in [-0.4, -0.2) is 85.9 Å². The summed E-state index contributed by atoms with van der Waals surface area (Å²) in [6.45, 7) is 16.0. The minimum Gasteiger partial charge on any atom is -0.423 e. The van der Waals surface area contributed by atoms with Crippen molar-refractivity contribution in [3.63, 3.8) is 0 Å². The van der Waals surface area contributed by atoms with Gasteiger partial charge in [-0.1, -0.05) is 26.3 Å². The lowest BCUT2D eigenvalue weighted by Crippen LogP contribution is -2.34. The van der Waals surface area contributed by atoms with Gasteiger partial charge in [-0.3, -0.25) is 0 Å². The van der Waals surface area contributed by atoms with Crippen molar-refractivity contribution < 1.29 is 24.0 Å². The Morgan fingerprint density at radius 3 is 1.24 bits per heavy atom. The molecule has 0 saturated heterocycles. The van der Waals surface area contributed by atoms with E-state index in [1.165, 1.54) is 12.6 Å². The largest absolute Gasteiger partial charge is 0.639 e. The van der Waals surface area contributed by atoms with Gasteiger partial charge in [0.05, 0.1) is 0 Å². The van der Waals surface area contributed by atoms with Crippen LogP contribution in [0.3, 0.4) is 0 Å². The summed E-state index contributed by atoms with van der Waals surface area (Å²) >= 11 is 9.79. The molecular formula is C31H52B2Br3N5O5. The Balaban J connectivity index is 0. The molecule has 0 atom stereocenters. The number of hydrogen-bond acceptors (Lipinski definition) is 10. The van der Waals surface area contributed by atoms with Crippen molar-refractivity contribution in [3.05, 3.63) is 68.5 Å². The molecule has 3 aromatic rings. The molecule has 0 saturated carbocycles. The molecule has 10 nitrogen and oxygen atoms in total. The highest BCUT2D eigenvalue weighted by Gasteiger charge is 2.25. The van der Waals surface area contributed by atoms with E-state index in [0.717, 1.165) is 25.2 Å². The zero-order valence-electron chi connectivity index (χ0n) is 29.3. The molecule has 0 aliphatic carbocycles. The zero-order valence-corrected chi connectivity index (χ0v) is 34.0. The summed E-state index contributed by atoms with van der Waals surface area (Å²) in [5, 5.41) is 17.5. The zero-order chi connectivity index (χ0) is 35.8.